The molecule has 4 heteroatoms. The van der Waals surface area contributed by atoms with Gasteiger partial charge in [0, 0.05) is 18.0 Å². The first-order valence-corrected chi connectivity index (χ1v) is 4.49. The van der Waals surface area contributed by atoms with E-state index < -0.39 is 0 Å². The first-order valence-electron chi connectivity index (χ1n) is 4.49. The SMILES string of the molecule is CCc1cc(=O)n2cccc(N)c2n1. The third-order valence-corrected chi connectivity index (χ3v) is 2.14. The maximum atomic E-state index is 11.6. The summed E-state index contributed by atoms with van der Waals surface area (Å²) in [5, 5.41) is 0. The average molecular weight is 189 g/mol. The molecule has 0 aliphatic heterocycles. The Labute approximate surface area is 81.0 Å². The van der Waals surface area contributed by atoms with Crippen molar-refractivity contribution < 1.29 is 0 Å². The molecule has 2 N–H and O–H groups in total. The molecule has 0 aliphatic rings. The molecule has 0 saturated carbocycles. The van der Waals surface area contributed by atoms with Crippen LogP contribution in [-0.4, -0.2) is 9.38 Å². The van der Waals surface area contributed by atoms with Gasteiger partial charge in [-0.3, -0.25) is 9.20 Å². The number of nitrogens with zero attached hydrogens (tertiary/aromatic N) is 2. The minimum absolute atomic E-state index is 0.0841. The predicted molar refractivity (Wildman–Crippen MR) is 55.3 cm³/mol. The van der Waals surface area contributed by atoms with Gasteiger partial charge in [0.2, 0.25) is 0 Å². The molecule has 0 amide bonds. The van der Waals surface area contributed by atoms with E-state index in [1.165, 1.54) is 10.5 Å². The number of hydrogen-bond acceptors (Lipinski definition) is 3. The van der Waals surface area contributed by atoms with Gasteiger partial charge >= 0.3 is 0 Å². The fourth-order valence-electron chi connectivity index (χ4n) is 1.37. The van der Waals surface area contributed by atoms with Gasteiger partial charge in [0.15, 0.2) is 5.65 Å². The molecular weight excluding hydrogens is 178 g/mol. The number of nitrogens with two attached hydrogens (primary N) is 1. The third kappa shape index (κ3) is 1.25. The zero-order chi connectivity index (χ0) is 10.1. The number of pyridine rings is 1. The summed E-state index contributed by atoms with van der Waals surface area (Å²) in [5.41, 5.74) is 7.48. The lowest BCUT2D eigenvalue weighted by atomic mass is 10.3. The maximum absolute atomic E-state index is 11.6. The molecule has 2 heterocycles. The van der Waals surface area contributed by atoms with E-state index in [1.54, 1.807) is 18.3 Å². The van der Waals surface area contributed by atoms with Crippen LogP contribution in [0.1, 0.15) is 12.6 Å². The molecule has 72 valence electrons. The van der Waals surface area contributed by atoms with E-state index in [9.17, 15) is 4.79 Å². The van der Waals surface area contributed by atoms with Gasteiger partial charge in [-0.15, -0.1) is 0 Å². The second-order valence-electron chi connectivity index (χ2n) is 3.10. The topological polar surface area (TPSA) is 60.4 Å². The highest BCUT2D eigenvalue weighted by Crippen LogP contribution is 2.08. The van der Waals surface area contributed by atoms with Crippen molar-refractivity contribution in [3.63, 3.8) is 0 Å². The van der Waals surface area contributed by atoms with E-state index in [4.69, 9.17) is 5.73 Å². The molecule has 0 saturated heterocycles. The van der Waals surface area contributed by atoms with Crippen LogP contribution in [0.2, 0.25) is 0 Å². The summed E-state index contributed by atoms with van der Waals surface area (Å²) < 4.78 is 1.45. The zero-order valence-electron chi connectivity index (χ0n) is 7.90. The van der Waals surface area contributed by atoms with Crippen LogP contribution >= 0.6 is 0 Å². The Morgan fingerprint density at radius 3 is 3.07 bits per heavy atom. The lowest BCUT2D eigenvalue weighted by molar-refractivity contribution is 0.967. The number of nitrogen functional groups attached to an aromatic ring is 1. The van der Waals surface area contributed by atoms with Crippen molar-refractivity contribution in [1.29, 1.82) is 0 Å². The Morgan fingerprint density at radius 2 is 2.36 bits per heavy atom. The summed E-state index contributed by atoms with van der Waals surface area (Å²) in [6.07, 6.45) is 2.40. The second kappa shape index (κ2) is 3.14. The van der Waals surface area contributed by atoms with Gasteiger partial charge in [-0.2, -0.15) is 0 Å². The fraction of sp³-hybridized carbons (Fsp3) is 0.200. The summed E-state index contributed by atoms with van der Waals surface area (Å²) in [7, 11) is 0. The summed E-state index contributed by atoms with van der Waals surface area (Å²) in [6, 6.07) is 5.00. The molecule has 4 nitrogen and oxygen atoms in total. The predicted octanol–water partition coefficient (Wildman–Crippen LogP) is 0.839. The van der Waals surface area contributed by atoms with Crippen molar-refractivity contribution in [2.24, 2.45) is 0 Å². The Bertz CT molecular complexity index is 530. The highest BCUT2D eigenvalue weighted by Gasteiger charge is 2.02. The van der Waals surface area contributed by atoms with E-state index in [0.717, 1.165) is 12.1 Å². The largest absolute Gasteiger partial charge is 0.396 e. The second-order valence-corrected chi connectivity index (χ2v) is 3.10. The molecule has 0 atom stereocenters. The fourth-order valence-corrected chi connectivity index (χ4v) is 1.37. The Hall–Kier alpha value is -1.84. The van der Waals surface area contributed by atoms with Gasteiger partial charge in [-0.05, 0) is 18.6 Å². The minimum atomic E-state index is -0.0841. The molecule has 2 aromatic heterocycles. The van der Waals surface area contributed by atoms with Gasteiger partial charge in [-0.1, -0.05) is 6.92 Å². The van der Waals surface area contributed by atoms with Gasteiger partial charge in [0.1, 0.15) is 0 Å². The van der Waals surface area contributed by atoms with Gasteiger partial charge in [0.05, 0.1) is 5.69 Å². The van der Waals surface area contributed by atoms with Crippen LogP contribution in [-0.2, 0) is 6.42 Å². The average Bonchev–Trinajstić information content (AvgIpc) is 2.19. The van der Waals surface area contributed by atoms with E-state index in [1.807, 2.05) is 6.92 Å². The van der Waals surface area contributed by atoms with E-state index >= 15 is 0 Å². The van der Waals surface area contributed by atoms with Gasteiger partial charge in [-0.25, -0.2) is 4.98 Å². The zero-order valence-corrected chi connectivity index (χ0v) is 7.90. The Morgan fingerprint density at radius 1 is 1.57 bits per heavy atom. The highest BCUT2D eigenvalue weighted by atomic mass is 16.1. The van der Waals surface area contributed by atoms with Crippen molar-refractivity contribution in [3.8, 4) is 0 Å². The number of fused-ring (bicyclic) bond motifs is 1. The summed E-state index contributed by atoms with van der Waals surface area (Å²) >= 11 is 0. The van der Waals surface area contributed by atoms with Crippen LogP contribution < -0.4 is 11.3 Å². The number of aryl methyl sites for hydroxylation is 1. The highest BCUT2D eigenvalue weighted by molar-refractivity contribution is 5.63. The smallest absolute Gasteiger partial charge is 0.258 e. The summed E-state index contributed by atoms with van der Waals surface area (Å²) in [5.74, 6) is 0. The molecular formula is C10H11N3O. The molecule has 0 aliphatic carbocycles. The minimum Gasteiger partial charge on any atom is -0.396 e. The molecule has 0 radical (unpaired) electrons. The van der Waals surface area contributed by atoms with E-state index in [0.29, 0.717) is 11.3 Å². The first-order chi connectivity index (χ1) is 6.72. The van der Waals surface area contributed by atoms with Gasteiger partial charge in [0.25, 0.3) is 5.56 Å². The Kier molecular flexibility index (Phi) is 1.96. The van der Waals surface area contributed by atoms with Crippen molar-refractivity contribution in [2.45, 2.75) is 13.3 Å². The third-order valence-electron chi connectivity index (χ3n) is 2.14. The van der Waals surface area contributed by atoms with Crippen molar-refractivity contribution in [2.75, 3.05) is 5.73 Å². The quantitative estimate of drug-likeness (QED) is 0.723. The summed E-state index contributed by atoms with van der Waals surface area (Å²) in [6.45, 7) is 1.96. The number of anilines is 1. The normalized spacial score (nSPS) is 10.6. The van der Waals surface area contributed by atoms with Gasteiger partial charge < -0.3 is 5.73 Å². The van der Waals surface area contributed by atoms with E-state index in [2.05, 4.69) is 4.98 Å². The monoisotopic (exact) mass is 189 g/mol. The summed E-state index contributed by atoms with van der Waals surface area (Å²) in [4.78, 5) is 15.9. The lowest BCUT2D eigenvalue weighted by Gasteiger charge is -2.03. The molecule has 0 spiro atoms. The van der Waals surface area contributed by atoms with Crippen molar-refractivity contribution in [3.05, 3.63) is 40.4 Å². The number of hydrogen-bond donors (Lipinski definition) is 1. The van der Waals surface area contributed by atoms with Crippen molar-refractivity contribution >= 4 is 11.3 Å². The number of aromatic nitrogens is 2. The first kappa shape index (κ1) is 8.74. The van der Waals surface area contributed by atoms with Crippen LogP contribution in [0.3, 0.4) is 0 Å². The molecule has 2 aromatic rings. The molecule has 0 fully saturated rings. The van der Waals surface area contributed by atoms with E-state index in [-0.39, 0.29) is 5.56 Å². The molecule has 0 bridgehead atoms. The molecule has 0 unspecified atom stereocenters. The maximum Gasteiger partial charge on any atom is 0.258 e. The van der Waals surface area contributed by atoms with Crippen molar-refractivity contribution in [1.82, 2.24) is 9.38 Å². The van der Waals surface area contributed by atoms with Crippen LogP contribution in [0.5, 0.6) is 0 Å². The molecule has 14 heavy (non-hydrogen) atoms. The van der Waals surface area contributed by atoms with Crippen LogP contribution in [0.4, 0.5) is 5.69 Å². The van der Waals surface area contributed by atoms with Crippen LogP contribution in [0.15, 0.2) is 29.2 Å². The van der Waals surface area contributed by atoms with Crippen LogP contribution in [0, 0.1) is 0 Å². The molecule has 2 rings (SSSR count). The molecule has 0 aromatic carbocycles. The Balaban J connectivity index is 2.91. The lowest BCUT2D eigenvalue weighted by Crippen LogP contribution is -2.16. The number of rotatable bonds is 1. The standard InChI is InChI=1S/C10H11N3O/c1-2-7-6-9(14)13-5-3-4-8(11)10(13)12-7/h3-6H,2,11H2,1H3. The van der Waals surface area contributed by atoms with Crippen LogP contribution in [0.25, 0.3) is 5.65 Å².